The fraction of sp³-hybridized carbons (Fsp3) is 0.0588. The van der Waals surface area contributed by atoms with Crippen LogP contribution in [0.4, 0.5) is 10.1 Å². The first-order valence-electron chi connectivity index (χ1n) is 6.60. The van der Waals surface area contributed by atoms with Crippen LogP contribution >= 0.6 is 0 Å². The summed E-state index contributed by atoms with van der Waals surface area (Å²) in [6, 6.07) is 11.0. The second-order valence-corrected chi connectivity index (χ2v) is 4.79. The highest BCUT2D eigenvalue weighted by molar-refractivity contribution is 6.35. The van der Waals surface area contributed by atoms with E-state index in [0.29, 0.717) is 28.0 Å². The Morgan fingerprint density at radius 2 is 2.00 bits per heavy atom. The van der Waals surface area contributed by atoms with E-state index in [-0.39, 0.29) is 5.91 Å². The number of anilines is 1. The zero-order valence-corrected chi connectivity index (χ0v) is 11.7. The molecule has 0 aromatic heterocycles. The molecule has 5 heteroatoms. The maximum absolute atomic E-state index is 13.7. The van der Waals surface area contributed by atoms with Gasteiger partial charge in [0.15, 0.2) is 0 Å². The van der Waals surface area contributed by atoms with Crippen molar-refractivity contribution in [3.8, 4) is 0 Å². The molecule has 1 heterocycles. The summed E-state index contributed by atoms with van der Waals surface area (Å²) < 4.78 is 18.4. The summed E-state index contributed by atoms with van der Waals surface area (Å²) in [7, 11) is 1.29. The summed E-state index contributed by atoms with van der Waals surface area (Å²) in [5, 5.41) is 2.67. The SMILES string of the molecule is COC(=O)c1ccc2c(c1)NC(=O)C2=Cc1ccccc1F. The largest absolute Gasteiger partial charge is 0.465 e. The van der Waals surface area contributed by atoms with Gasteiger partial charge in [0.2, 0.25) is 0 Å². The molecule has 1 amide bonds. The number of rotatable bonds is 2. The van der Waals surface area contributed by atoms with Gasteiger partial charge in [-0.25, -0.2) is 9.18 Å². The molecule has 1 aliphatic rings. The first-order chi connectivity index (χ1) is 10.6. The Morgan fingerprint density at radius 3 is 2.73 bits per heavy atom. The number of fused-ring (bicyclic) bond motifs is 1. The Labute approximate surface area is 126 Å². The zero-order valence-electron chi connectivity index (χ0n) is 11.7. The maximum atomic E-state index is 13.7. The number of nitrogens with one attached hydrogen (secondary N) is 1. The third-order valence-electron chi connectivity index (χ3n) is 3.43. The standard InChI is InChI=1S/C17H12FNO3/c1-22-17(21)11-6-7-12-13(16(20)19-15(12)9-11)8-10-4-2-3-5-14(10)18/h2-9H,1H3,(H,19,20). The van der Waals surface area contributed by atoms with E-state index in [1.54, 1.807) is 36.4 Å². The highest BCUT2D eigenvalue weighted by atomic mass is 19.1. The molecule has 0 bridgehead atoms. The molecular weight excluding hydrogens is 285 g/mol. The van der Waals surface area contributed by atoms with Gasteiger partial charge >= 0.3 is 5.97 Å². The molecular formula is C17H12FNO3. The van der Waals surface area contributed by atoms with E-state index < -0.39 is 11.8 Å². The Morgan fingerprint density at radius 1 is 1.23 bits per heavy atom. The van der Waals surface area contributed by atoms with Crippen molar-refractivity contribution in [2.45, 2.75) is 0 Å². The first kappa shape index (κ1) is 14.0. The van der Waals surface area contributed by atoms with Gasteiger partial charge < -0.3 is 10.1 Å². The second kappa shape index (κ2) is 5.44. The van der Waals surface area contributed by atoms with Crippen LogP contribution < -0.4 is 5.32 Å². The quantitative estimate of drug-likeness (QED) is 0.684. The van der Waals surface area contributed by atoms with Crippen LogP contribution in [0.3, 0.4) is 0 Å². The van der Waals surface area contributed by atoms with Crippen LogP contribution in [0.5, 0.6) is 0 Å². The fourth-order valence-electron chi connectivity index (χ4n) is 2.33. The first-order valence-corrected chi connectivity index (χ1v) is 6.60. The van der Waals surface area contributed by atoms with Crippen LogP contribution in [-0.2, 0) is 9.53 Å². The van der Waals surface area contributed by atoms with Gasteiger partial charge in [0.1, 0.15) is 5.82 Å². The van der Waals surface area contributed by atoms with Gasteiger partial charge in [-0.3, -0.25) is 4.79 Å². The summed E-state index contributed by atoms with van der Waals surface area (Å²) >= 11 is 0. The zero-order chi connectivity index (χ0) is 15.7. The normalized spacial score (nSPS) is 14.6. The van der Waals surface area contributed by atoms with Crippen LogP contribution in [0.15, 0.2) is 42.5 Å². The lowest BCUT2D eigenvalue weighted by Crippen LogP contribution is -2.04. The molecule has 0 spiro atoms. The molecule has 0 unspecified atom stereocenters. The second-order valence-electron chi connectivity index (χ2n) is 4.79. The molecule has 2 aromatic rings. The summed E-state index contributed by atoms with van der Waals surface area (Å²) in [6.07, 6.45) is 1.49. The average molecular weight is 297 g/mol. The van der Waals surface area contributed by atoms with Crippen molar-refractivity contribution in [3.63, 3.8) is 0 Å². The molecule has 0 saturated carbocycles. The predicted octanol–water partition coefficient (Wildman–Crippen LogP) is 3.11. The summed E-state index contributed by atoms with van der Waals surface area (Å²) in [4.78, 5) is 23.6. The molecule has 0 atom stereocenters. The topological polar surface area (TPSA) is 55.4 Å². The Bertz CT molecular complexity index is 811. The third kappa shape index (κ3) is 2.37. The van der Waals surface area contributed by atoms with Crippen molar-refractivity contribution in [2.75, 3.05) is 12.4 Å². The lowest BCUT2D eigenvalue weighted by molar-refractivity contribution is -0.110. The lowest BCUT2D eigenvalue weighted by Gasteiger charge is -2.03. The number of hydrogen-bond acceptors (Lipinski definition) is 3. The van der Waals surface area contributed by atoms with E-state index >= 15 is 0 Å². The van der Waals surface area contributed by atoms with E-state index in [4.69, 9.17) is 0 Å². The van der Waals surface area contributed by atoms with Gasteiger partial charge in [-0.2, -0.15) is 0 Å². The minimum atomic E-state index is -0.483. The predicted molar refractivity (Wildman–Crippen MR) is 80.7 cm³/mol. The number of ether oxygens (including phenoxy) is 1. The molecule has 0 radical (unpaired) electrons. The van der Waals surface area contributed by atoms with Crippen molar-refractivity contribution in [3.05, 3.63) is 65.0 Å². The van der Waals surface area contributed by atoms with Gasteiger partial charge in [0, 0.05) is 22.4 Å². The molecule has 0 fully saturated rings. The number of benzene rings is 2. The number of carbonyl (C=O) groups is 2. The minimum Gasteiger partial charge on any atom is -0.465 e. The van der Waals surface area contributed by atoms with Crippen molar-refractivity contribution in [2.24, 2.45) is 0 Å². The van der Waals surface area contributed by atoms with E-state index in [2.05, 4.69) is 10.1 Å². The van der Waals surface area contributed by atoms with E-state index in [1.807, 2.05) is 0 Å². The molecule has 1 aliphatic heterocycles. The van der Waals surface area contributed by atoms with Crippen LogP contribution in [0, 0.1) is 5.82 Å². The summed E-state index contributed by atoms with van der Waals surface area (Å²) in [5.41, 5.74) is 2.17. The minimum absolute atomic E-state index is 0.331. The number of amides is 1. The molecule has 1 N–H and O–H groups in total. The molecule has 4 nitrogen and oxygen atoms in total. The van der Waals surface area contributed by atoms with Gasteiger partial charge in [-0.15, -0.1) is 0 Å². The van der Waals surface area contributed by atoms with Crippen LogP contribution in [0.1, 0.15) is 21.5 Å². The van der Waals surface area contributed by atoms with Crippen molar-refractivity contribution in [1.29, 1.82) is 0 Å². The number of esters is 1. The summed E-state index contributed by atoms with van der Waals surface area (Å²) in [5.74, 6) is -1.22. The number of halogens is 1. The monoisotopic (exact) mass is 297 g/mol. The smallest absolute Gasteiger partial charge is 0.337 e. The number of methoxy groups -OCH3 is 1. The van der Waals surface area contributed by atoms with Gasteiger partial charge in [-0.1, -0.05) is 24.3 Å². The molecule has 0 aliphatic carbocycles. The Kier molecular flexibility index (Phi) is 3.47. The fourth-order valence-corrected chi connectivity index (χ4v) is 2.33. The number of carbonyl (C=O) groups excluding carboxylic acids is 2. The molecule has 110 valence electrons. The van der Waals surface area contributed by atoms with Crippen LogP contribution in [-0.4, -0.2) is 19.0 Å². The van der Waals surface area contributed by atoms with Crippen LogP contribution in [0.2, 0.25) is 0 Å². The Hall–Kier alpha value is -2.95. The van der Waals surface area contributed by atoms with E-state index in [1.165, 1.54) is 19.3 Å². The highest BCUT2D eigenvalue weighted by Gasteiger charge is 2.25. The van der Waals surface area contributed by atoms with Gasteiger partial charge in [0.25, 0.3) is 5.91 Å². The van der Waals surface area contributed by atoms with E-state index in [0.717, 1.165) is 0 Å². The molecule has 2 aromatic carbocycles. The van der Waals surface area contributed by atoms with Crippen molar-refractivity contribution >= 4 is 29.2 Å². The third-order valence-corrected chi connectivity index (χ3v) is 3.43. The molecule has 0 saturated heterocycles. The van der Waals surface area contributed by atoms with Gasteiger partial charge in [-0.05, 0) is 24.3 Å². The highest BCUT2D eigenvalue weighted by Crippen LogP contribution is 2.34. The molecule has 3 rings (SSSR count). The maximum Gasteiger partial charge on any atom is 0.337 e. The molecule has 22 heavy (non-hydrogen) atoms. The number of hydrogen-bond donors (Lipinski definition) is 1. The van der Waals surface area contributed by atoms with Crippen molar-refractivity contribution < 1.29 is 18.7 Å². The van der Waals surface area contributed by atoms with Gasteiger partial charge in [0.05, 0.1) is 12.7 Å². The Balaban J connectivity index is 2.06. The van der Waals surface area contributed by atoms with Crippen molar-refractivity contribution in [1.82, 2.24) is 0 Å². The van der Waals surface area contributed by atoms with Crippen LogP contribution in [0.25, 0.3) is 11.6 Å². The lowest BCUT2D eigenvalue weighted by atomic mass is 10.0. The summed E-state index contributed by atoms with van der Waals surface area (Å²) in [6.45, 7) is 0. The average Bonchev–Trinajstić information content (AvgIpc) is 2.83. The van der Waals surface area contributed by atoms with E-state index in [9.17, 15) is 14.0 Å².